The van der Waals surface area contributed by atoms with Crippen molar-refractivity contribution in [1.29, 1.82) is 0 Å². The number of nitrogens with one attached hydrogen (secondary N) is 2. The lowest BCUT2D eigenvalue weighted by Crippen LogP contribution is -2.40. The van der Waals surface area contributed by atoms with Crippen molar-refractivity contribution in [2.75, 3.05) is 19.6 Å². The molecule has 2 atom stereocenters. The highest BCUT2D eigenvalue weighted by atomic mass is 16.3. The third-order valence-electron chi connectivity index (χ3n) is 3.22. The zero-order valence-electron chi connectivity index (χ0n) is 10.3. The summed E-state index contributed by atoms with van der Waals surface area (Å²) in [4.78, 5) is 11.4. The third kappa shape index (κ3) is 5.47. The molecule has 0 spiro atoms. The highest BCUT2D eigenvalue weighted by Gasteiger charge is 2.20. The van der Waals surface area contributed by atoms with Gasteiger partial charge >= 0.3 is 0 Å². The first-order chi connectivity index (χ1) is 7.63. The molecule has 0 aromatic carbocycles. The third-order valence-corrected chi connectivity index (χ3v) is 3.22. The number of aliphatic hydroxyl groups excluding tert-OH is 1. The van der Waals surface area contributed by atoms with Crippen molar-refractivity contribution in [2.45, 2.75) is 39.2 Å². The summed E-state index contributed by atoms with van der Waals surface area (Å²) in [5, 5.41) is 15.5. The van der Waals surface area contributed by atoms with Crippen molar-refractivity contribution in [3.63, 3.8) is 0 Å². The van der Waals surface area contributed by atoms with E-state index in [0.29, 0.717) is 13.1 Å². The molecule has 16 heavy (non-hydrogen) atoms. The van der Waals surface area contributed by atoms with Gasteiger partial charge < -0.3 is 15.7 Å². The maximum absolute atomic E-state index is 11.4. The SMILES string of the molecule is CCC(C)C(O)CNC(=O)CNCC1CC1. The van der Waals surface area contributed by atoms with Gasteiger partial charge in [-0.15, -0.1) is 0 Å². The molecule has 94 valence electrons. The number of amides is 1. The van der Waals surface area contributed by atoms with E-state index in [2.05, 4.69) is 10.6 Å². The molecule has 1 fully saturated rings. The van der Waals surface area contributed by atoms with Crippen LogP contribution in [0, 0.1) is 11.8 Å². The molecule has 4 nitrogen and oxygen atoms in total. The average molecular weight is 228 g/mol. The number of carbonyl (C=O) groups is 1. The second-order valence-electron chi connectivity index (χ2n) is 4.83. The van der Waals surface area contributed by atoms with Crippen LogP contribution in [-0.2, 0) is 4.79 Å². The quantitative estimate of drug-likeness (QED) is 0.567. The monoisotopic (exact) mass is 228 g/mol. The van der Waals surface area contributed by atoms with Crippen molar-refractivity contribution >= 4 is 5.91 Å². The van der Waals surface area contributed by atoms with Crippen molar-refractivity contribution in [1.82, 2.24) is 10.6 Å². The van der Waals surface area contributed by atoms with E-state index in [1.54, 1.807) is 0 Å². The lowest BCUT2D eigenvalue weighted by atomic mass is 10.0. The zero-order valence-corrected chi connectivity index (χ0v) is 10.3. The Hall–Kier alpha value is -0.610. The normalized spacial score (nSPS) is 19.2. The summed E-state index contributed by atoms with van der Waals surface area (Å²) in [6.07, 6.45) is 3.08. The van der Waals surface area contributed by atoms with E-state index in [4.69, 9.17) is 0 Å². The van der Waals surface area contributed by atoms with Gasteiger partial charge in [-0.3, -0.25) is 4.79 Å². The molecular formula is C12H24N2O2. The van der Waals surface area contributed by atoms with Crippen LogP contribution >= 0.6 is 0 Å². The van der Waals surface area contributed by atoms with Gasteiger partial charge in [0.2, 0.25) is 5.91 Å². The molecular weight excluding hydrogens is 204 g/mol. The van der Waals surface area contributed by atoms with Gasteiger partial charge in [0, 0.05) is 6.54 Å². The fourth-order valence-corrected chi connectivity index (χ4v) is 1.47. The number of rotatable bonds is 8. The Morgan fingerprint density at radius 2 is 2.19 bits per heavy atom. The molecule has 1 aliphatic carbocycles. The second-order valence-corrected chi connectivity index (χ2v) is 4.83. The summed E-state index contributed by atoms with van der Waals surface area (Å²) < 4.78 is 0. The van der Waals surface area contributed by atoms with Crippen LogP contribution in [0.5, 0.6) is 0 Å². The number of hydrogen-bond acceptors (Lipinski definition) is 3. The molecule has 0 aliphatic heterocycles. The van der Waals surface area contributed by atoms with Crippen molar-refractivity contribution in [3.05, 3.63) is 0 Å². The van der Waals surface area contributed by atoms with Crippen LogP contribution < -0.4 is 10.6 Å². The zero-order chi connectivity index (χ0) is 12.0. The predicted molar refractivity (Wildman–Crippen MR) is 64.1 cm³/mol. The largest absolute Gasteiger partial charge is 0.391 e. The fourth-order valence-electron chi connectivity index (χ4n) is 1.47. The minimum Gasteiger partial charge on any atom is -0.391 e. The Morgan fingerprint density at radius 1 is 1.50 bits per heavy atom. The van der Waals surface area contributed by atoms with Crippen molar-refractivity contribution in [2.24, 2.45) is 11.8 Å². The molecule has 1 aliphatic rings. The van der Waals surface area contributed by atoms with Gasteiger partial charge in [-0.05, 0) is 31.2 Å². The van der Waals surface area contributed by atoms with Gasteiger partial charge in [-0.1, -0.05) is 20.3 Å². The molecule has 1 rings (SSSR count). The molecule has 1 saturated carbocycles. The summed E-state index contributed by atoms with van der Waals surface area (Å²) in [7, 11) is 0. The summed E-state index contributed by atoms with van der Waals surface area (Å²) in [6.45, 7) is 5.69. The molecule has 0 heterocycles. The lowest BCUT2D eigenvalue weighted by molar-refractivity contribution is -0.120. The summed E-state index contributed by atoms with van der Waals surface area (Å²) in [6, 6.07) is 0. The van der Waals surface area contributed by atoms with Crippen molar-refractivity contribution in [3.8, 4) is 0 Å². The van der Waals surface area contributed by atoms with Crippen LogP contribution in [0.3, 0.4) is 0 Å². The van der Waals surface area contributed by atoms with E-state index in [1.165, 1.54) is 12.8 Å². The summed E-state index contributed by atoms with van der Waals surface area (Å²) in [5.74, 6) is 1.00. The van der Waals surface area contributed by atoms with Gasteiger partial charge in [0.05, 0.1) is 12.6 Å². The smallest absolute Gasteiger partial charge is 0.234 e. The first-order valence-corrected chi connectivity index (χ1v) is 6.29. The summed E-state index contributed by atoms with van der Waals surface area (Å²) >= 11 is 0. The Bertz CT molecular complexity index is 217. The van der Waals surface area contributed by atoms with Crippen LogP contribution in [-0.4, -0.2) is 36.8 Å². The van der Waals surface area contributed by atoms with E-state index in [9.17, 15) is 9.90 Å². The Labute approximate surface area is 97.8 Å². The van der Waals surface area contributed by atoms with E-state index in [0.717, 1.165) is 18.9 Å². The number of carbonyl (C=O) groups excluding carboxylic acids is 1. The first-order valence-electron chi connectivity index (χ1n) is 6.29. The molecule has 0 saturated heterocycles. The van der Waals surface area contributed by atoms with Crippen LogP contribution in [0.25, 0.3) is 0 Å². The van der Waals surface area contributed by atoms with Gasteiger partial charge in [-0.2, -0.15) is 0 Å². The average Bonchev–Trinajstić information content (AvgIpc) is 3.08. The van der Waals surface area contributed by atoms with Crippen molar-refractivity contribution < 1.29 is 9.90 Å². The predicted octanol–water partition coefficient (Wildman–Crippen LogP) is 0.509. The van der Waals surface area contributed by atoms with Gasteiger partial charge in [0.25, 0.3) is 0 Å². The highest BCUT2D eigenvalue weighted by Crippen LogP contribution is 2.27. The highest BCUT2D eigenvalue weighted by molar-refractivity contribution is 5.77. The minimum atomic E-state index is -0.433. The fraction of sp³-hybridized carbons (Fsp3) is 0.917. The Kier molecular flexibility index (Phi) is 5.77. The van der Waals surface area contributed by atoms with Crippen LogP contribution in [0.2, 0.25) is 0 Å². The second kappa shape index (κ2) is 6.86. The molecule has 0 aromatic rings. The van der Waals surface area contributed by atoms with Gasteiger partial charge in [-0.25, -0.2) is 0 Å². The first kappa shape index (κ1) is 13.5. The summed E-state index contributed by atoms with van der Waals surface area (Å²) in [5.41, 5.74) is 0. The molecule has 1 amide bonds. The van der Waals surface area contributed by atoms with Crippen LogP contribution in [0.15, 0.2) is 0 Å². The topological polar surface area (TPSA) is 61.4 Å². The molecule has 2 unspecified atom stereocenters. The van der Waals surface area contributed by atoms with E-state index < -0.39 is 6.10 Å². The van der Waals surface area contributed by atoms with Gasteiger partial charge in [0.1, 0.15) is 0 Å². The number of aliphatic hydroxyl groups is 1. The van der Waals surface area contributed by atoms with Crippen LogP contribution in [0.1, 0.15) is 33.1 Å². The molecule has 0 aromatic heterocycles. The Balaban J connectivity index is 1.99. The lowest BCUT2D eigenvalue weighted by Gasteiger charge is -2.17. The Morgan fingerprint density at radius 3 is 2.75 bits per heavy atom. The van der Waals surface area contributed by atoms with E-state index >= 15 is 0 Å². The van der Waals surface area contributed by atoms with Gasteiger partial charge in [0.15, 0.2) is 0 Å². The maximum atomic E-state index is 11.4. The van der Waals surface area contributed by atoms with E-state index in [1.807, 2.05) is 13.8 Å². The van der Waals surface area contributed by atoms with Crippen LogP contribution in [0.4, 0.5) is 0 Å². The minimum absolute atomic E-state index is 0.0250. The molecule has 0 bridgehead atoms. The molecule has 0 radical (unpaired) electrons. The standard InChI is InChI=1S/C12H24N2O2/c1-3-9(2)11(15)7-14-12(16)8-13-6-10-4-5-10/h9-11,13,15H,3-8H2,1-2H3,(H,14,16). The molecule has 3 N–H and O–H groups in total. The molecule has 4 heteroatoms. The van der Waals surface area contributed by atoms with E-state index in [-0.39, 0.29) is 11.8 Å². The maximum Gasteiger partial charge on any atom is 0.234 e. The number of hydrogen-bond donors (Lipinski definition) is 3.